The van der Waals surface area contributed by atoms with Crippen LogP contribution in [0, 0.1) is 17.3 Å². The highest BCUT2D eigenvalue weighted by molar-refractivity contribution is 5.89. The van der Waals surface area contributed by atoms with Crippen LogP contribution >= 0.6 is 0 Å². The molecule has 1 saturated heterocycles. The van der Waals surface area contributed by atoms with Gasteiger partial charge in [0.15, 0.2) is 0 Å². The van der Waals surface area contributed by atoms with Gasteiger partial charge in [-0.25, -0.2) is 14.8 Å². The molecule has 3 heterocycles. The van der Waals surface area contributed by atoms with Gasteiger partial charge in [0.05, 0.1) is 30.7 Å². The lowest BCUT2D eigenvalue weighted by Gasteiger charge is -2.38. The number of hydrogen-bond acceptors (Lipinski definition) is 8. The van der Waals surface area contributed by atoms with Gasteiger partial charge in [0.1, 0.15) is 35.5 Å². The summed E-state index contributed by atoms with van der Waals surface area (Å²) in [6.45, 7) is 6.38. The Hall–Kier alpha value is -3.43. The van der Waals surface area contributed by atoms with E-state index in [-0.39, 0.29) is 24.3 Å². The summed E-state index contributed by atoms with van der Waals surface area (Å²) in [6, 6.07) is 4.17. The zero-order valence-corrected chi connectivity index (χ0v) is 27.9. The minimum absolute atomic E-state index is 0.223. The number of amides is 2. The van der Waals surface area contributed by atoms with Gasteiger partial charge in [0.2, 0.25) is 11.8 Å². The van der Waals surface area contributed by atoms with Crippen LogP contribution in [-0.4, -0.2) is 70.6 Å². The van der Waals surface area contributed by atoms with E-state index < -0.39 is 35.3 Å². The molecule has 2 amide bonds. The summed E-state index contributed by atoms with van der Waals surface area (Å²) in [5, 5.41) is 3.05. The SMILES string of the molecule is CC[C@@H]1[C@@H]2CN(C(=O)[C@H](C3(C)CCCC3)NC(=O)O[C@]3(C)CCC[C@H]3CCCCCc3nc4ccc(OC)cc4nc3O2)[C@@H]1C=O. The molecule has 6 rings (SSSR count). The second-order valence-corrected chi connectivity index (χ2v) is 14.5. The molecule has 3 fully saturated rings. The number of nitrogens with zero attached hydrogens (tertiary/aromatic N) is 3. The molecule has 10 nitrogen and oxygen atoms in total. The van der Waals surface area contributed by atoms with Crippen molar-refractivity contribution in [1.82, 2.24) is 20.2 Å². The number of rotatable bonds is 4. The average Bonchev–Trinajstić information content (AvgIpc) is 3.75. The van der Waals surface area contributed by atoms with E-state index in [0.717, 1.165) is 88.1 Å². The number of hydrogen-bond donors (Lipinski definition) is 1. The molecule has 2 saturated carbocycles. The van der Waals surface area contributed by atoms with E-state index in [9.17, 15) is 14.4 Å². The van der Waals surface area contributed by atoms with Crippen molar-refractivity contribution in [3.63, 3.8) is 0 Å². The second kappa shape index (κ2) is 13.4. The van der Waals surface area contributed by atoms with E-state index in [0.29, 0.717) is 30.0 Å². The van der Waals surface area contributed by atoms with Crippen LogP contribution in [0.2, 0.25) is 0 Å². The van der Waals surface area contributed by atoms with Crippen molar-refractivity contribution in [3.8, 4) is 11.6 Å². The topological polar surface area (TPSA) is 120 Å². The van der Waals surface area contributed by atoms with Crippen molar-refractivity contribution in [2.45, 2.75) is 128 Å². The molecule has 0 spiro atoms. The Balaban J connectivity index is 1.38. The predicted octanol–water partition coefficient (Wildman–Crippen LogP) is 6.17. The number of methoxy groups -OCH3 is 1. The number of carbonyl (C=O) groups is 3. The number of carbonyl (C=O) groups excluding carboxylic acids is 3. The van der Waals surface area contributed by atoms with Gasteiger partial charge in [-0.05, 0) is 88.2 Å². The monoisotopic (exact) mass is 634 g/mol. The van der Waals surface area contributed by atoms with Crippen molar-refractivity contribution in [1.29, 1.82) is 0 Å². The Morgan fingerprint density at radius 3 is 2.54 bits per heavy atom. The zero-order valence-electron chi connectivity index (χ0n) is 27.9. The Morgan fingerprint density at radius 1 is 1.02 bits per heavy atom. The van der Waals surface area contributed by atoms with Gasteiger partial charge in [0, 0.05) is 12.0 Å². The van der Waals surface area contributed by atoms with Crippen molar-refractivity contribution < 1.29 is 28.6 Å². The van der Waals surface area contributed by atoms with Crippen LogP contribution < -0.4 is 14.8 Å². The van der Waals surface area contributed by atoms with Crippen molar-refractivity contribution in [2.75, 3.05) is 13.7 Å². The summed E-state index contributed by atoms with van der Waals surface area (Å²) in [5.74, 6) is 0.928. The Morgan fingerprint density at radius 2 is 1.80 bits per heavy atom. The van der Waals surface area contributed by atoms with Crippen molar-refractivity contribution in [2.24, 2.45) is 17.3 Å². The molecule has 4 aliphatic rings. The molecular formula is C36H50N4O6. The van der Waals surface area contributed by atoms with Crippen LogP contribution in [0.15, 0.2) is 18.2 Å². The summed E-state index contributed by atoms with van der Waals surface area (Å²) < 4.78 is 18.4. The smallest absolute Gasteiger partial charge is 0.408 e. The molecule has 1 N–H and O–H groups in total. The normalized spacial score (nSPS) is 32.0. The van der Waals surface area contributed by atoms with Gasteiger partial charge in [-0.3, -0.25) is 4.79 Å². The van der Waals surface area contributed by atoms with E-state index in [1.165, 1.54) is 0 Å². The van der Waals surface area contributed by atoms with Gasteiger partial charge < -0.3 is 29.2 Å². The highest BCUT2D eigenvalue weighted by Gasteiger charge is 2.51. The first-order chi connectivity index (χ1) is 22.2. The minimum atomic E-state index is -0.799. The molecule has 2 aromatic rings. The number of alkyl carbamates (subject to hydrolysis) is 1. The fourth-order valence-corrected chi connectivity index (χ4v) is 8.71. The van der Waals surface area contributed by atoms with E-state index in [1.807, 2.05) is 25.1 Å². The molecule has 2 aliphatic carbocycles. The maximum atomic E-state index is 14.6. The molecule has 46 heavy (non-hydrogen) atoms. The molecule has 2 aliphatic heterocycles. The number of nitrogens with one attached hydrogen (secondary N) is 1. The number of ether oxygens (including phenoxy) is 3. The Bertz CT molecular complexity index is 1440. The van der Waals surface area contributed by atoms with E-state index in [2.05, 4.69) is 19.2 Å². The standard InChI is InChI=1S/C36H50N4O6/c1-5-25-29(22-41)40-21-30(25)45-32-27(37-26-16-15-24(44-4)20-28(26)38-32)14-8-6-7-12-23-13-11-19-36(23,3)46-34(43)39-31(33(40)42)35(2)17-9-10-18-35/h15-16,20,22-23,25,29-31H,5-14,17-19,21H2,1-4H3,(H,39,43)/t23-,25+,29-,30+,31-,36-/m1/s1. The summed E-state index contributed by atoms with van der Waals surface area (Å²) in [7, 11) is 1.62. The third-order valence-corrected chi connectivity index (χ3v) is 11.5. The molecule has 6 atom stereocenters. The third-order valence-electron chi connectivity index (χ3n) is 11.5. The first-order valence-electron chi connectivity index (χ1n) is 17.4. The van der Waals surface area contributed by atoms with E-state index >= 15 is 0 Å². The molecule has 1 aromatic carbocycles. The summed E-state index contributed by atoms with van der Waals surface area (Å²) >= 11 is 0. The van der Waals surface area contributed by atoms with Crippen LogP contribution in [0.1, 0.15) is 104 Å². The van der Waals surface area contributed by atoms with Crippen LogP contribution in [0.3, 0.4) is 0 Å². The van der Waals surface area contributed by atoms with Crippen LogP contribution in [0.25, 0.3) is 11.0 Å². The van der Waals surface area contributed by atoms with Crippen LogP contribution in [0.4, 0.5) is 4.79 Å². The minimum Gasteiger partial charge on any atom is -0.497 e. The first kappa shape index (κ1) is 32.5. The van der Waals surface area contributed by atoms with Crippen LogP contribution in [0.5, 0.6) is 11.6 Å². The molecule has 250 valence electrons. The highest BCUT2D eigenvalue weighted by atomic mass is 16.6. The van der Waals surface area contributed by atoms with Gasteiger partial charge >= 0.3 is 6.09 Å². The predicted molar refractivity (Wildman–Crippen MR) is 174 cm³/mol. The summed E-state index contributed by atoms with van der Waals surface area (Å²) in [4.78, 5) is 52.5. The molecule has 1 aromatic heterocycles. The maximum absolute atomic E-state index is 14.6. The molecule has 2 bridgehead atoms. The quantitative estimate of drug-likeness (QED) is 0.397. The number of fused-ring (bicyclic) bond motifs is 5. The van der Waals surface area contributed by atoms with Gasteiger partial charge in [0.25, 0.3) is 0 Å². The number of aromatic nitrogens is 2. The first-order valence-corrected chi connectivity index (χ1v) is 17.4. The summed E-state index contributed by atoms with van der Waals surface area (Å²) in [6.07, 6.45) is 11.6. The summed E-state index contributed by atoms with van der Waals surface area (Å²) in [5.41, 5.74) is 1.23. The van der Waals surface area contributed by atoms with Gasteiger partial charge in [-0.2, -0.15) is 0 Å². The lowest BCUT2D eigenvalue weighted by atomic mass is 9.79. The fraction of sp³-hybridized carbons (Fsp3) is 0.694. The highest BCUT2D eigenvalue weighted by Crippen LogP contribution is 2.44. The zero-order chi connectivity index (χ0) is 32.5. The number of aldehydes is 1. The molecule has 0 radical (unpaired) electrons. The third kappa shape index (κ3) is 6.28. The van der Waals surface area contributed by atoms with E-state index in [1.54, 1.807) is 12.0 Å². The van der Waals surface area contributed by atoms with Crippen LogP contribution in [-0.2, 0) is 20.7 Å². The lowest BCUT2D eigenvalue weighted by Crippen LogP contribution is -2.58. The Labute approximate surface area is 272 Å². The lowest BCUT2D eigenvalue weighted by molar-refractivity contribution is -0.140. The number of aryl methyl sites for hydroxylation is 1. The Kier molecular flexibility index (Phi) is 9.44. The molecule has 10 heteroatoms. The second-order valence-electron chi connectivity index (χ2n) is 14.5. The molecule has 0 unspecified atom stereocenters. The fourth-order valence-electron chi connectivity index (χ4n) is 8.71. The molecular weight excluding hydrogens is 584 g/mol. The van der Waals surface area contributed by atoms with Crippen molar-refractivity contribution >= 4 is 29.3 Å². The largest absolute Gasteiger partial charge is 0.497 e. The number of benzene rings is 1. The van der Waals surface area contributed by atoms with E-state index in [4.69, 9.17) is 24.2 Å². The van der Waals surface area contributed by atoms with Gasteiger partial charge in [-0.15, -0.1) is 0 Å². The van der Waals surface area contributed by atoms with Gasteiger partial charge in [-0.1, -0.05) is 39.5 Å². The maximum Gasteiger partial charge on any atom is 0.408 e. The average molecular weight is 635 g/mol. The van der Waals surface area contributed by atoms with Crippen molar-refractivity contribution in [3.05, 3.63) is 23.9 Å².